The fourth-order valence-corrected chi connectivity index (χ4v) is 7.93. The highest BCUT2D eigenvalue weighted by atomic mass is 16.5. The molecule has 2 amide bonds. The molecule has 0 saturated carbocycles. The maximum atomic E-state index is 13.4. The van der Waals surface area contributed by atoms with Gasteiger partial charge < -0.3 is 35.0 Å². The molecule has 0 aliphatic carbocycles. The molecule has 1 unspecified atom stereocenters. The van der Waals surface area contributed by atoms with Crippen LogP contribution in [0.3, 0.4) is 0 Å². The number of fused-ring (bicyclic) bond motifs is 1. The highest BCUT2D eigenvalue weighted by Crippen LogP contribution is 2.23. The number of anilines is 1. The summed E-state index contributed by atoms with van der Waals surface area (Å²) in [6, 6.07) is 16.4. The van der Waals surface area contributed by atoms with E-state index in [1.165, 1.54) is 7.11 Å². The number of amides is 2. The van der Waals surface area contributed by atoms with Gasteiger partial charge in [0.1, 0.15) is 6.04 Å². The fourth-order valence-electron chi connectivity index (χ4n) is 7.93. The Morgan fingerprint density at radius 1 is 0.733 bits per heavy atom. The van der Waals surface area contributed by atoms with Gasteiger partial charge in [0.05, 0.1) is 44.6 Å². The van der Waals surface area contributed by atoms with Gasteiger partial charge in [0, 0.05) is 108 Å². The van der Waals surface area contributed by atoms with E-state index < -0.39 is 35.8 Å². The number of esters is 1. The van der Waals surface area contributed by atoms with Crippen LogP contribution < -0.4 is 4.90 Å². The third-order valence-electron chi connectivity index (χ3n) is 11.9. The Balaban J connectivity index is 0.000000966. The van der Waals surface area contributed by atoms with Gasteiger partial charge >= 0.3 is 23.9 Å². The first-order chi connectivity index (χ1) is 36.1. The number of nitrogens with zero attached hydrogens (tertiary/aromatic N) is 8. The molecule has 4 N–H and O–H groups in total. The number of aliphatic hydroxyl groups is 1. The van der Waals surface area contributed by atoms with Crippen LogP contribution in [0.1, 0.15) is 70.7 Å². The van der Waals surface area contributed by atoms with Crippen molar-refractivity contribution in [1.29, 1.82) is 0 Å². The number of hydrogen-bond acceptors (Lipinski definition) is 15. The minimum atomic E-state index is -1.11. The van der Waals surface area contributed by atoms with Crippen molar-refractivity contribution in [3.8, 4) is 0 Å². The predicted octanol–water partition coefficient (Wildman–Crippen LogP) is 5.75. The van der Waals surface area contributed by atoms with Crippen molar-refractivity contribution in [3.63, 3.8) is 0 Å². The van der Waals surface area contributed by atoms with Crippen LogP contribution in [0.4, 0.5) is 5.69 Å². The number of carboxylic acid groups (broad SMARTS) is 3. The average Bonchev–Trinajstić information content (AvgIpc) is 3.41. The molecule has 3 aromatic rings. The summed E-state index contributed by atoms with van der Waals surface area (Å²) >= 11 is 0. The maximum Gasteiger partial charge on any atom is 0.320 e. The zero-order chi connectivity index (χ0) is 56.1. The molecule has 2 saturated heterocycles. The minimum absolute atomic E-state index is 0.00611. The van der Waals surface area contributed by atoms with Crippen molar-refractivity contribution in [2.75, 3.05) is 110 Å². The van der Waals surface area contributed by atoms with Crippen molar-refractivity contribution in [1.82, 2.24) is 29.5 Å². The summed E-state index contributed by atoms with van der Waals surface area (Å²) in [6.45, 7) is 18.8. The number of benzene rings is 2. The van der Waals surface area contributed by atoms with Crippen molar-refractivity contribution in [2.45, 2.75) is 79.9 Å². The van der Waals surface area contributed by atoms with E-state index in [4.69, 9.17) is 4.74 Å². The molecule has 0 spiro atoms. The first-order valence-corrected chi connectivity index (χ1v) is 25.6. The molecular weight excluding hydrogens is 965 g/mol. The van der Waals surface area contributed by atoms with Crippen LogP contribution in [0, 0.1) is 11.8 Å². The first kappa shape index (κ1) is 66.3. The van der Waals surface area contributed by atoms with Gasteiger partial charge in [-0.1, -0.05) is 101 Å². The minimum Gasteiger partial charge on any atom is -0.480 e. The molecule has 1 aromatic heterocycles. The Kier molecular flexibility index (Phi) is 34.3. The molecule has 1 atom stereocenters. The van der Waals surface area contributed by atoms with Crippen molar-refractivity contribution >= 4 is 52.3 Å². The molecule has 2 aliphatic rings. The molecule has 414 valence electrons. The van der Waals surface area contributed by atoms with Gasteiger partial charge in [0.15, 0.2) is 0 Å². The number of rotatable bonds is 18. The predicted molar refractivity (Wildman–Crippen MR) is 292 cm³/mol. The van der Waals surface area contributed by atoms with E-state index in [0.29, 0.717) is 44.8 Å². The molecular formula is C55H82N8O12. The maximum absolute atomic E-state index is 13.4. The molecule has 20 nitrogen and oxygen atoms in total. The Labute approximate surface area is 442 Å². The normalized spacial score (nSPS) is 15.4. The second-order valence-corrected chi connectivity index (χ2v) is 16.9. The first-order valence-electron chi connectivity index (χ1n) is 25.6. The number of carbonyl (C=O) groups excluding carboxylic acids is 3. The number of piperazine rings is 1. The van der Waals surface area contributed by atoms with Crippen LogP contribution in [0.5, 0.6) is 0 Å². The van der Waals surface area contributed by atoms with Crippen LogP contribution >= 0.6 is 0 Å². The molecule has 0 bridgehead atoms. The lowest BCUT2D eigenvalue weighted by atomic mass is 10.0. The van der Waals surface area contributed by atoms with E-state index in [1.807, 2.05) is 114 Å². The summed E-state index contributed by atoms with van der Waals surface area (Å²) in [5.74, 6) is -4.41. The SMILES string of the molecule is C=C/C=C\C=C/C.CC.CC.COC(=O)CN1CCN(CC(=O)O)CCN(CC(=O)O)CCN(C(CCC(=O)N2CCN(c3ccc4ccc(CO)nc4c3)CC2)C(=O)O)CC1.Cc1ccccc1CCC(=O)N=O. The number of nitroso groups, excluding NO2 is 1. The standard InChI is InChI=1S/C34H49N7O10.C10H11NO2.C7H10.2C2H6/c1-51-33(48)23-38-11-10-36(21-31(44)45)8-9-37(22-32(46)47)12-14-40(15-13-38)29(34(49)50)6-7-30(43)41-18-16-39(17-19-41)27-5-3-25-2-4-26(24-42)35-28(25)20-27;1-8-4-2-3-5-9(8)6-7-10(12)11-13;1-3-5-7-6-4-2;2*1-2/h2-5,20,29,42H,6-19,21-24H2,1H3,(H,44,45)(H,46,47)(H,49,50);2-5H,6-7H2,1H3;3-7H,1H2,2H3;2*1-2H3/b;;6-4-,7-5-;;. The van der Waals surface area contributed by atoms with Gasteiger partial charge in [-0.2, -0.15) is 0 Å². The third-order valence-corrected chi connectivity index (χ3v) is 11.9. The van der Waals surface area contributed by atoms with Gasteiger partial charge in [-0.25, -0.2) is 0 Å². The largest absolute Gasteiger partial charge is 0.480 e. The molecule has 0 radical (unpaired) electrons. The average molecular weight is 1050 g/mol. The number of aryl methyl sites for hydroxylation is 2. The summed E-state index contributed by atoms with van der Waals surface area (Å²) in [7, 11) is 1.27. The van der Waals surface area contributed by atoms with E-state index in [9.17, 15) is 54.1 Å². The lowest BCUT2D eigenvalue weighted by Crippen LogP contribution is -2.52. The van der Waals surface area contributed by atoms with Gasteiger partial charge in [-0.3, -0.25) is 53.4 Å². The topological polar surface area (TPSA) is 254 Å². The van der Waals surface area contributed by atoms with Gasteiger partial charge in [-0.15, -0.1) is 4.91 Å². The lowest BCUT2D eigenvalue weighted by molar-refractivity contribution is -0.146. The van der Waals surface area contributed by atoms with Gasteiger partial charge in [0.25, 0.3) is 5.91 Å². The van der Waals surface area contributed by atoms with E-state index in [0.717, 1.165) is 27.7 Å². The molecule has 5 rings (SSSR count). The van der Waals surface area contributed by atoms with Crippen LogP contribution in [0.15, 0.2) is 96.7 Å². The number of aliphatic hydroxyl groups excluding tert-OH is 1. The van der Waals surface area contributed by atoms with Crippen molar-refractivity contribution in [3.05, 3.63) is 113 Å². The quantitative estimate of drug-likeness (QED) is 0.0672. The molecule has 3 heterocycles. The molecule has 75 heavy (non-hydrogen) atoms. The summed E-state index contributed by atoms with van der Waals surface area (Å²) in [4.78, 5) is 97.0. The van der Waals surface area contributed by atoms with Gasteiger partial charge in [0.2, 0.25) is 5.91 Å². The number of pyridine rings is 1. The number of carboxylic acids is 3. The zero-order valence-corrected chi connectivity index (χ0v) is 45.1. The third kappa shape index (κ3) is 26.4. The number of ether oxygens (including phenoxy) is 1. The highest BCUT2D eigenvalue weighted by Gasteiger charge is 2.30. The number of hydrogen-bond donors (Lipinski definition) is 4. The Morgan fingerprint density at radius 3 is 1.80 bits per heavy atom. The summed E-state index contributed by atoms with van der Waals surface area (Å²) in [6.07, 6.45) is 10.4. The van der Waals surface area contributed by atoms with E-state index in [1.54, 1.807) is 36.6 Å². The Bertz CT molecular complexity index is 2280. The lowest BCUT2D eigenvalue weighted by Gasteiger charge is -2.37. The zero-order valence-electron chi connectivity index (χ0n) is 45.1. The molecule has 2 aromatic carbocycles. The fraction of sp³-hybridized carbons (Fsp3) is 0.509. The van der Waals surface area contributed by atoms with Gasteiger partial charge in [-0.05, 0) is 56.0 Å². The van der Waals surface area contributed by atoms with E-state index in [2.05, 4.69) is 21.6 Å². The number of methoxy groups -OCH3 is 1. The number of aromatic nitrogens is 1. The molecule has 2 fully saturated rings. The summed E-state index contributed by atoms with van der Waals surface area (Å²) in [5, 5.41) is 42.0. The molecule has 20 heteroatoms. The Hall–Kier alpha value is -6.71. The monoisotopic (exact) mass is 1050 g/mol. The van der Waals surface area contributed by atoms with E-state index >= 15 is 0 Å². The van der Waals surface area contributed by atoms with Crippen LogP contribution in [-0.2, 0) is 46.5 Å². The number of carbonyl (C=O) groups is 6. The number of allylic oxidation sites excluding steroid dienone is 5. The van der Waals surface area contributed by atoms with Crippen molar-refractivity contribution < 1.29 is 53.9 Å². The second-order valence-electron chi connectivity index (χ2n) is 16.9. The highest BCUT2D eigenvalue weighted by molar-refractivity contribution is 5.83. The Morgan fingerprint density at radius 2 is 1.29 bits per heavy atom. The number of aliphatic carboxylic acids is 3. The summed E-state index contributed by atoms with van der Waals surface area (Å²) < 4.78 is 4.85. The molecule has 2 aliphatic heterocycles. The summed E-state index contributed by atoms with van der Waals surface area (Å²) in [5.41, 5.74) is 4.56. The smallest absolute Gasteiger partial charge is 0.320 e. The van der Waals surface area contributed by atoms with Crippen LogP contribution in [0.2, 0.25) is 0 Å². The van der Waals surface area contributed by atoms with Crippen LogP contribution in [-0.4, -0.2) is 197 Å². The van der Waals surface area contributed by atoms with Crippen LogP contribution in [0.25, 0.3) is 10.9 Å². The van der Waals surface area contributed by atoms with Crippen molar-refractivity contribution in [2.24, 2.45) is 5.18 Å². The van der Waals surface area contributed by atoms with E-state index in [-0.39, 0.29) is 97.2 Å². The second kappa shape index (κ2) is 38.8.